The molecule has 0 aliphatic carbocycles. The van der Waals surface area contributed by atoms with Crippen molar-refractivity contribution >= 4 is 23.0 Å². The lowest BCUT2D eigenvalue weighted by atomic mass is 9.91. The van der Waals surface area contributed by atoms with Gasteiger partial charge in [0.05, 0.1) is 5.56 Å². The molecule has 0 bridgehead atoms. The maximum atomic E-state index is 13.1. The van der Waals surface area contributed by atoms with Crippen molar-refractivity contribution < 1.29 is 18.0 Å². The van der Waals surface area contributed by atoms with Crippen LogP contribution in [0.3, 0.4) is 0 Å². The molecule has 0 spiro atoms. The van der Waals surface area contributed by atoms with Gasteiger partial charge in [-0.2, -0.15) is 13.2 Å². The molecule has 2 aliphatic heterocycles. The molecular weight excluding hydrogens is 453 g/mol. The summed E-state index contributed by atoms with van der Waals surface area (Å²) in [5.41, 5.74) is 7.34. The van der Waals surface area contributed by atoms with Crippen LogP contribution in [0.5, 0.6) is 0 Å². The molecule has 2 aromatic rings. The zero-order valence-electron chi connectivity index (χ0n) is 20.3. The van der Waals surface area contributed by atoms with Gasteiger partial charge in [0, 0.05) is 55.7 Å². The van der Waals surface area contributed by atoms with Crippen LogP contribution in [-0.4, -0.2) is 43.0 Å². The fraction of sp³-hybridized carbons (Fsp3) is 0.519. The van der Waals surface area contributed by atoms with Crippen molar-refractivity contribution in [2.75, 3.05) is 42.1 Å². The van der Waals surface area contributed by atoms with Gasteiger partial charge in [0.15, 0.2) is 0 Å². The Hall–Kier alpha value is -2.90. The molecule has 2 fully saturated rings. The fourth-order valence-corrected chi connectivity index (χ4v) is 5.12. The molecule has 190 valence electrons. The standard InChI is InChI=1S/C27H35F3N4O/c1-19-2-6-23(7-3-19)33-14-10-20(11-15-33)4-9-26(35)34-16-12-21(13-17-34)32-22-5-8-25(31)24(18-22)27(28,29)30/h2-3,5-8,18,20-21,32H,4,9-17,31H2,1H3. The second-order valence-electron chi connectivity index (χ2n) is 9.90. The highest BCUT2D eigenvalue weighted by Crippen LogP contribution is 2.35. The Labute approximate surface area is 205 Å². The second-order valence-corrected chi connectivity index (χ2v) is 9.90. The minimum atomic E-state index is -4.48. The Bertz CT molecular complexity index is 992. The number of nitrogens with one attached hydrogen (secondary N) is 1. The Morgan fingerprint density at radius 2 is 1.66 bits per heavy atom. The van der Waals surface area contributed by atoms with Crippen LogP contribution in [0.2, 0.25) is 0 Å². The molecular formula is C27H35F3N4O. The number of halogens is 3. The molecule has 0 unspecified atom stereocenters. The van der Waals surface area contributed by atoms with E-state index in [2.05, 4.69) is 41.4 Å². The van der Waals surface area contributed by atoms with Gasteiger partial charge >= 0.3 is 6.18 Å². The van der Waals surface area contributed by atoms with Crippen molar-refractivity contribution in [3.05, 3.63) is 53.6 Å². The third-order valence-corrected chi connectivity index (χ3v) is 7.36. The van der Waals surface area contributed by atoms with Crippen molar-refractivity contribution in [2.24, 2.45) is 5.92 Å². The van der Waals surface area contributed by atoms with Crippen molar-refractivity contribution in [2.45, 2.75) is 57.7 Å². The Balaban J connectivity index is 1.18. The van der Waals surface area contributed by atoms with E-state index in [4.69, 9.17) is 5.73 Å². The molecule has 1 amide bonds. The number of amides is 1. The SMILES string of the molecule is Cc1ccc(N2CCC(CCC(=O)N3CCC(Nc4ccc(N)c(C(F)(F)F)c4)CC3)CC2)cc1. The molecule has 2 saturated heterocycles. The van der Waals surface area contributed by atoms with Gasteiger partial charge in [0.25, 0.3) is 0 Å². The molecule has 5 nitrogen and oxygen atoms in total. The van der Waals surface area contributed by atoms with Crippen molar-refractivity contribution in [3.8, 4) is 0 Å². The highest BCUT2D eigenvalue weighted by molar-refractivity contribution is 5.76. The van der Waals surface area contributed by atoms with Crippen molar-refractivity contribution in [3.63, 3.8) is 0 Å². The van der Waals surface area contributed by atoms with Crippen LogP contribution in [0.15, 0.2) is 42.5 Å². The highest BCUT2D eigenvalue weighted by atomic mass is 19.4. The van der Waals surface area contributed by atoms with Gasteiger partial charge in [-0.3, -0.25) is 4.79 Å². The van der Waals surface area contributed by atoms with Crippen LogP contribution in [0.25, 0.3) is 0 Å². The summed E-state index contributed by atoms with van der Waals surface area (Å²) in [5.74, 6) is 0.768. The van der Waals surface area contributed by atoms with E-state index in [-0.39, 0.29) is 17.6 Å². The number of benzene rings is 2. The predicted octanol–water partition coefficient (Wildman–Crippen LogP) is 5.70. The molecule has 2 heterocycles. The summed E-state index contributed by atoms with van der Waals surface area (Å²) in [5, 5.41) is 3.19. The minimum Gasteiger partial charge on any atom is -0.398 e. The first kappa shape index (κ1) is 25.2. The smallest absolute Gasteiger partial charge is 0.398 e. The quantitative estimate of drug-likeness (QED) is 0.513. The number of anilines is 3. The zero-order valence-corrected chi connectivity index (χ0v) is 20.3. The first-order valence-corrected chi connectivity index (χ1v) is 12.5. The number of alkyl halides is 3. The lowest BCUT2D eigenvalue weighted by Crippen LogP contribution is -2.42. The number of hydrogen-bond donors (Lipinski definition) is 2. The number of rotatable bonds is 6. The summed E-state index contributed by atoms with van der Waals surface area (Å²) in [4.78, 5) is 17.1. The summed E-state index contributed by atoms with van der Waals surface area (Å²) in [6.45, 7) is 5.41. The Morgan fingerprint density at radius 1 is 1.00 bits per heavy atom. The molecule has 2 aromatic carbocycles. The molecule has 0 saturated carbocycles. The number of carbonyl (C=O) groups is 1. The van der Waals surface area contributed by atoms with Gasteiger partial charge in [-0.25, -0.2) is 0 Å². The highest BCUT2D eigenvalue weighted by Gasteiger charge is 2.33. The third kappa shape index (κ3) is 6.61. The number of carbonyl (C=O) groups excluding carboxylic acids is 1. The zero-order chi connectivity index (χ0) is 25.0. The van der Waals surface area contributed by atoms with Crippen LogP contribution in [0.4, 0.5) is 30.2 Å². The van der Waals surface area contributed by atoms with Gasteiger partial charge in [-0.15, -0.1) is 0 Å². The van der Waals surface area contributed by atoms with E-state index >= 15 is 0 Å². The van der Waals surface area contributed by atoms with Gasteiger partial charge in [0.1, 0.15) is 0 Å². The number of nitrogens with zero attached hydrogens (tertiary/aromatic N) is 2. The molecule has 35 heavy (non-hydrogen) atoms. The molecule has 8 heteroatoms. The van der Waals surface area contributed by atoms with E-state index < -0.39 is 11.7 Å². The minimum absolute atomic E-state index is 0.0369. The monoisotopic (exact) mass is 488 g/mol. The Morgan fingerprint density at radius 3 is 2.29 bits per heavy atom. The number of nitrogen functional groups attached to an aromatic ring is 1. The molecule has 0 aromatic heterocycles. The van der Waals surface area contributed by atoms with Crippen molar-refractivity contribution in [1.82, 2.24) is 4.90 Å². The lowest BCUT2D eigenvalue weighted by Gasteiger charge is -2.35. The molecule has 4 rings (SSSR count). The maximum absolute atomic E-state index is 13.1. The molecule has 0 atom stereocenters. The average molecular weight is 489 g/mol. The second kappa shape index (κ2) is 10.8. The number of nitrogens with two attached hydrogens (primary N) is 1. The topological polar surface area (TPSA) is 61.6 Å². The largest absolute Gasteiger partial charge is 0.418 e. The average Bonchev–Trinajstić information content (AvgIpc) is 2.84. The van der Waals surface area contributed by atoms with Crippen LogP contribution in [0.1, 0.15) is 49.7 Å². The molecule has 2 aliphatic rings. The third-order valence-electron chi connectivity index (χ3n) is 7.36. The van der Waals surface area contributed by atoms with Gasteiger partial charge in [-0.05, 0) is 75.3 Å². The van der Waals surface area contributed by atoms with Gasteiger partial charge in [-0.1, -0.05) is 17.7 Å². The summed E-state index contributed by atoms with van der Waals surface area (Å²) < 4.78 is 39.3. The normalized spacial score (nSPS) is 18.1. The van der Waals surface area contributed by atoms with E-state index in [0.29, 0.717) is 44.0 Å². The van der Waals surface area contributed by atoms with E-state index in [1.807, 2.05) is 4.90 Å². The number of aryl methyl sites for hydroxylation is 1. The van der Waals surface area contributed by atoms with Crippen LogP contribution < -0.4 is 16.0 Å². The first-order chi connectivity index (χ1) is 16.7. The maximum Gasteiger partial charge on any atom is 0.418 e. The van der Waals surface area contributed by atoms with Crippen molar-refractivity contribution in [1.29, 1.82) is 0 Å². The number of hydrogen-bond acceptors (Lipinski definition) is 4. The lowest BCUT2D eigenvalue weighted by molar-refractivity contribution is -0.137. The van der Waals surface area contributed by atoms with Gasteiger partial charge < -0.3 is 20.9 Å². The van der Waals surface area contributed by atoms with E-state index in [1.54, 1.807) is 6.07 Å². The first-order valence-electron chi connectivity index (χ1n) is 12.5. The number of piperidine rings is 2. The van der Waals surface area contributed by atoms with Crippen LogP contribution in [0, 0.1) is 12.8 Å². The van der Waals surface area contributed by atoms with E-state index in [9.17, 15) is 18.0 Å². The molecule has 3 N–H and O–H groups in total. The molecule has 0 radical (unpaired) electrons. The fourth-order valence-electron chi connectivity index (χ4n) is 5.12. The van der Waals surface area contributed by atoms with E-state index in [1.165, 1.54) is 17.3 Å². The van der Waals surface area contributed by atoms with Gasteiger partial charge in [0.2, 0.25) is 5.91 Å². The van der Waals surface area contributed by atoms with Crippen LogP contribution in [-0.2, 0) is 11.0 Å². The summed E-state index contributed by atoms with van der Waals surface area (Å²) in [6, 6.07) is 12.6. The Kier molecular flexibility index (Phi) is 7.77. The number of likely N-dealkylation sites (tertiary alicyclic amines) is 1. The summed E-state index contributed by atoms with van der Waals surface area (Å²) >= 11 is 0. The van der Waals surface area contributed by atoms with Crippen LogP contribution >= 0.6 is 0 Å². The predicted molar refractivity (Wildman–Crippen MR) is 134 cm³/mol. The van der Waals surface area contributed by atoms with E-state index in [0.717, 1.165) is 38.4 Å². The summed E-state index contributed by atoms with van der Waals surface area (Å²) in [7, 11) is 0. The summed E-state index contributed by atoms with van der Waals surface area (Å²) in [6.07, 6.45) is 0.654.